The van der Waals surface area contributed by atoms with Crippen molar-refractivity contribution in [1.29, 1.82) is 0 Å². The van der Waals surface area contributed by atoms with E-state index in [-0.39, 0.29) is 27.9 Å². The maximum Gasteiger partial charge on any atom is 0.468 e. The molecule has 2 unspecified atom stereocenters. The van der Waals surface area contributed by atoms with Gasteiger partial charge in [0, 0.05) is 24.4 Å². The summed E-state index contributed by atoms with van der Waals surface area (Å²) in [6.07, 6.45) is -3.90. The van der Waals surface area contributed by atoms with E-state index in [1.807, 2.05) is 0 Å². The van der Waals surface area contributed by atoms with Crippen LogP contribution in [-0.4, -0.2) is 38.2 Å². The summed E-state index contributed by atoms with van der Waals surface area (Å²) < 4.78 is 67.0. The molecule has 3 aromatic rings. The maximum absolute atomic E-state index is 13.3. The lowest BCUT2D eigenvalue weighted by Crippen LogP contribution is -2.43. The van der Waals surface area contributed by atoms with Crippen molar-refractivity contribution >= 4 is 21.8 Å². The number of nitrogens with zero attached hydrogens (tertiary/aromatic N) is 2. The van der Waals surface area contributed by atoms with Gasteiger partial charge in [0.1, 0.15) is 12.4 Å². The third kappa shape index (κ3) is 3.90. The van der Waals surface area contributed by atoms with Crippen molar-refractivity contribution in [1.82, 2.24) is 15.0 Å². The molecule has 0 bridgehead atoms. The summed E-state index contributed by atoms with van der Waals surface area (Å²) >= 11 is 0. The first-order valence-electron chi connectivity index (χ1n) is 8.34. The largest absolute Gasteiger partial charge is 0.489 e. The summed E-state index contributed by atoms with van der Waals surface area (Å²) in [7, 11) is -1.61. The van der Waals surface area contributed by atoms with Crippen LogP contribution in [0.5, 0.6) is 17.2 Å². The molecule has 11 heteroatoms. The summed E-state index contributed by atoms with van der Waals surface area (Å²) in [6, 6.07) is 5.75. The average Bonchev–Trinajstić information content (AvgIpc) is 3.08. The van der Waals surface area contributed by atoms with Gasteiger partial charge in [-0.2, -0.15) is 13.2 Å². The van der Waals surface area contributed by atoms with Crippen molar-refractivity contribution in [2.75, 3.05) is 6.61 Å². The minimum atomic E-state index is -4.10. The molecule has 152 valence electrons. The second kappa shape index (κ2) is 7.39. The molecule has 0 saturated carbocycles. The molecular weight excluding hydrogens is 411 g/mol. The Morgan fingerprint density at radius 2 is 2.17 bits per heavy atom. The number of ether oxygens (including phenoxy) is 3. The van der Waals surface area contributed by atoms with Gasteiger partial charge in [0.2, 0.25) is 0 Å². The molecule has 3 heterocycles. The van der Waals surface area contributed by atoms with Gasteiger partial charge in [0.05, 0.1) is 33.3 Å². The Morgan fingerprint density at radius 3 is 2.97 bits per heavy atom. The number of pyridine rings is 1. The Labute approximate surface area is 165 Å². The van der Waals surface area contributed by atoms with Crippen LogP contribution in [0.2, 0.25) is 0 Å². The monoisotopic (exact) mass is 425 g/mol. The average molecular weight is 425 g/mol. The highest BCUT2D eigenvalue weighted by molar-refractivity contribution is 7.84. The molecule has 0 spiro atoms. The fraction of sp³-hybridized carbons (Fsp3) is 0.222. The van der Waals surface area contributed by atoms with Crippen LogP contribution < -0.4 is 14.2 Å². The van der Waals surface area contributed by atoms with Crippen LogP contribution in [0.1, 0.15) is 5.69 Å². The number of hydrogen-bond acceptors (Lipinski definition) is 6. The summed E-state index contributed by atoms with van der Waals surface area (Å²) in [4.78, 5) is 11.1. The Hall–Kier alpha value is -3.08. The minimum absolute atomic E-state index is 0.0441. The van der Waals surface area contributed by atoms with E-state index in [2.05, 4.69) is 31.0 Å². The fourth-order valence-electron chi connectivity index (χ4n) is 2.63. The number of nitrogens with one attached hydrogen (secondary N) is 1. The molecule has 0 radical (unpaired) electrons. The molecule has 1 N–H and O–H groups in total. The van der Waals surface area contributed by atoms with Crippen molar-refractivity contribution in [3.63, 3.8) is 0 Å². The second-order valence-corrected chi connectivity index (χ2v) is 7.39. The van der Waals surface area contributed by atoms with E-state index in [4.69, 9.17) is 4.74 Å². The first-order chi connectivity index (χ1) is 13.9. The molecule has 2 aromatic heterocycles. The summed E-state index contributed by atoms with van der Waals surface area (Å²) in [6.45, 7) is 3.89. The van der Waals surface area contributed by atoms with Crippen LogP contribution in [0.3, 0.4) is 0 Å². The van der Waals surface area contributed by atoms with Crippen LogP contribution >= 0.6 is 0 Å². The quantitative estimate of drug-likeness (QED) is 0.609. The van der Waals surface area contributed by atoms with Gasteiger partial charge < -0.3 is 19.2 Å². The predicted molar refractivity (Wildman–Crippen MR) is 97.2 cm³/mol. The molecule has 1 aromatic carbocycles. The van der Waals surface area contributed by atoms with E-state index in [0.717, 1.165) is 0 Å². The fourth-order valence-corrected chi connectivity index (χ4v) is 3.62. The van der Waals surface area contributed by atoms with E-state index < -0.39 is 23.3 Å². The molecule has 1 aliphatic heterocycles. The van der Waals surface area contributed by atoms with Gasteiger partial charge in [-0.3, -0.25) is 9.19 Å². The zero-order valence-electron chi connectivity index (χ0n) is 14.7. The summed E-state index contributed by atoms with van der Waals surface area (Å²) in [5, 5.41) is 0.102. The number of aromatic amines is 1. The number of alkyl halides is 3. The van der Waals surface area contributed by atoms with Crippen LogP contribution in [0.25, 0.3) is 11.0 Å². The van der Waals surface area contributed by atoms with Gasteiger partial charge in [-0.25, -0.2) is 4.98 Å². The molecule has 29 heavy (non-hydrogen) atoms. The zero-order chi connectivity index (χ0) is 20.6. The third-order valence-electron chi connectivity index (χ3n) is 3.92. The number of hydrogen-bond donors (Lipinski definition) is 1. The second-order valence-electron chi connectivity index (χ2n) is 6.03. The van der Waals surface area contributed by atoms with Gasteiger partial charge >= 0.3 is 12.5 Å². The molecule has 0 amide bonds. The number of imidazole rings is 1. The highest BCUT2D eigenvalue weighted by Gasteiger charge is 2.49. The van der Waals surface area contributed by atoms with Gasteiger partial charge in [-0.15, -0.1) is 0 Å². The summed E-state index contributed by atoms with van der Waals surface area (Å²) in [5.41, 5.74) is 1.07. The van der Waals surface area contributed by atoms with Gasteiger partial charge in [-0.1, -0.05) is 12.7 Å². The molecule has 4 rings (SSSR count). The summed E-state index contributed by atoms with van der Waals surface area (Å²) in [5.74, 6) is 0.0439. The van der Waals surface area contributed by atoms with Crippen molar-refractivity contribution in [3.8, 4) is 17.2 Å². The lowest BCUT2D eigenvalue weighted by Gasteiger charge is -2.28. The Kier molecular flexibility index (Phi) is 4.91. The minimum Gasteiger partial charge on any atom is -0.489 e. The van der Waals surface area contributed by atoms with E-state index in [1.165, 1.54) is 18.3 Å². The molecule has 2 atom stereocenters. The molecule has 0 aliphatic carbocycles. The first-order valence-corrected chi connectivity index (χ1v) is 9.66. The first kappa shape index (κ1) is 19.2. The highest BCUT2D eigenvalue weighted by Crippen LogP contribution is 2.42. The normalized spacial score (nSPS) is 18.4. The van der Waals surface area contributed by atoms with Gasteiger partial charge in [-0.05, 0) is 6.07 Å². The number of H-pyrrole nitrogens is 1. The molecule has 1 aliphatic rings. The third-order valence-corrected chi connectivity index (χ3v) is 5.10. The number of fused-ring (bicyclic) bond motifs is 2. The van der Waals surface area contributed by atoms with Crippen molar-refractivity contribution < 1.29 is 31.6 Å². The van der Waals surface area contributed by atoms with Gasteiger partial charge in [0.25, 0.3) is 0 Å². The van der Waals surface area contributed by atoms with Crippen LogP contribution in [-0.2, 0) is 16.6 Å². The Bertz CT molecular complexity index is 1110. The zero-order valence-corrected chi connectivity index (χ0v) is 15.5. The number of halogens is 3. The predicted octanol–water partition coefficient (Wildman–Crippen LogP) is 3.49. The number of aromatic nitrogens is 3. The molecule has 0 saturated heterocycles. The maximum atomic E-state index is 13.3. The van der Waals surface area contributed by atoms with E-state index in [1.54, 1.807) is 18.2 Å². The lowest BCUT2D eigenvalue weighted by atomic mass is 10.2. The van der Waals surface area contributed by atoms with Crippen LogP contribution in [0.15, 0.2) is 48.3 Å². The standard InChI is InChI=1S/C18H14F3N3O4S/c1-2-5-26-11-3-4-22-10(6-11)9-29(25)17-23-12-7-14-15(8-13(12)24-17)28-18(20,21)16(19)27-14/h2-4,6-8,16H,1,5,9H2,(H,23,24). The highest BCUT2D eigenvalue weighted by atomic mass is 32.2. The van der Waals surface area contributed by atoms with E-state index >= 15 is 0 Å². The smallest absolute Gasteiger partial charge is 0.468 e. The van der Waals surface area contributed by atoms with Crippen molar-refractivity contribution in [2.45, 2.75) is 23.4 Å². The van der Waals surface area contributed by atoms with Crippen LogP contribution in [0, 0.1) is 0 Å². The Balaban J connectivity index is 1.57. The number of benzene rings is 1. The van der Waals surface area contributed by atoms with E-state index in [9.17, 15) is 17.4 Å². The molecule has 7 nitrogen and oxygen atoms in total. The molecule has 0 fully saturated rings. The van der Waals surface area contributed by atoms with Crippen molar-refractivity contribution in [2.24, 2.45) is 0 Å². The number of rotatable bonds is 6. The van der Waals surface area contributed by atoms with E-state index in [0.29, 0.717) is 23.6 Å². The topological polar surface area (TPSA) is 86.3 Å². The Morgan fingerprint density at radius 1 is 1.34 bits per heavy atom. The lowest BCUT2D eigenvalue weighted by molar-refractivity contribution is -0.281. The molecular formula is C18H14F3N3O4S. The van der Waals surface area contributed by atoms with Crippen LogP contribution in [0.4, 0.5) is 13.2 Å². The SMILES string of the molecule is C=CCOc1ccnc(CS(=O)c2nc3cc4c(cc3[nH]2)OC(F)(F)C(F)O4)c1. The van der Waals surface area contributed by atoms with Crippen molar-refractivity contribution in [3.05, 3.63) is 48.8 Å². The van der Waals surface area contributed by atoms with Gasteiger partial charge in [0.15, 0.2) is 16.7 Å².